The van der Waals surface area contributed by atoms with E-state index in [1.54, 1.807) is 18.2 Å². The number of H-pyrrole nitrogens is 1. The number of aromatic amines is 1. The summed E-state index contributed by atoms with van der Waals surface area (Å²) in [6.45, 7) is 0. The number of nitrogens with zero attached hydrogens (tertiary/aromatic N) is 3. The van der Waals surface area contributed by atoms with E-state index in [9.17, 15) is 10.4 Å². The molecule has 1 aromatic heterocycles. The van der Waals surface area contributed by atoms with Gasteiger partial charge in [0.05, 0.1) is 16.7 Å². The summed E-state index contributed by atoms with van der Waals surface area (Å²) in [7, 11) is 0. The van der Waals surface area contributed by atoms with Crippen LogP contribution in [0, 0.1) is 11.3 Å². The van der Waals surface area contributed by atoms with Crippen LogP contribution < -0.4 is 5.43 Å². The van der Waals surface area contributed by atoms with Crippen molar-refractivity contribution in [2.45, 2.75) is 0 Å². The van der Waals surface area contributed by atoms with Gasteiger partial charge in [-0.25, -0.2) is 4.98 Å². The van der Waals surface area contributed by atoms with Gasteiger partial charge in [-0.3, -0.25) is 5.43 Å². The number of benzene rings is 2. The fourth-order valence-corrected chi connectivity index (χ4v) is 1.89. The third kappa shape index (κ3) is 2.67. The maximum absolute atomic E-state index is 9.38. The third-order valence-corrected chi connectivity index (χ3v) is 2.86. The van der Waals surface area contributed by atoms with Crippen LogP contribution in [0.3, 0.4) is 0 Å². The van der Waals surface area contributed by atoms with Gasteiger partial charge in [-0.05, 0) is 24.3 Å². The number of fused-ring (bicyclic) bond motifs is 1. The molecule has 6 heteroatoms. The Labute approximate surface area is 120 Å². The molecule has 0 saturated carbocycles. The van der Waals surface area contributed by atoms with Gasteiger partial charge in [0.2, 0.25) is 5.71 Å². The third-order valence-electron chi connectivity index (χ3n) is 2.86. The van der Waals surface area contributed by atoms with Crippen molar-refractivity contribution < 1.29 is 5.11 Å². The van der Waals surface area contributed by atoms with E-state index in [0.29, 0.717) is 11.5 Å². The van der Waals surface area contributed by atoms with E-state index < -0.39 is 0 Å². The highest BCUT2D eigenvalue weighted by Gasteiger charge is 2.08. The minimum atomic E-state index is 0.123. The Balaban J connectivity index is 1.91. The van der Waals surface area contributed by atoms with Gasteiger partial charge in [-0.1, -0.05) is 18.2 Å². The van der Waals surface area contributed by atoms with Gasteiger partial charge in [0.1, 0.15) is 11.8 Å². The second-order valence-corrected chi connectivity index (χ2v) is 4.34. The molecule has 102 valence electrons. The molecule has 0 spiro atoms. The molecule has 0 radical (unpaired) electrons. The number of aromatic nitrogens is 2. The average Bonchev–Trinajstić information content (AvgIpc) is 2.91. The van der Waals surface area contributed by atoms with Gasteiger partial charge < -0.3 is 10.1 Å². The topological polar surface area (TPSA) is 97.1 Å². The predicted octanol–water partition coefficient (Wildman–Crippen LogP) is 2.61. The zero-order chi connectivity index (χ0) is 14.7. The summed E-state index contributed by atoms with van der Waals surface area (Å²) in [6.07, 6.45) is 0. The number of nitrogens with one attached hydrogen (secondary N) is 2. The highest BCUT2D eigenvalue weighted by atomic mass is 16.3. The highest BCUT2D eigenvalue weighted by molar-refractivity contribution is 6.10. The SMILES string of the molecule is N#C/C(=N/Nc1cccc(O)c1)c1nc2ccccc2[nH]1. The summed E-state index contributed by atoms with van der Waals surface area (Å²) in [4.78, 5) is 7.36. The van der Waals surface area contributed by atoms with Gasteiger partial charge in [-0.15, -0.1) is 0 Å². The number of anilines is 1. The van der Waals surface area contributed by atoms with E-state index in [-0.39, 0.29) is 11.5 Å². The molecule has 0 atom stereocenters. The van der Waals surface area contributed by atoms with Crippen molar-refractivity contribution >= 4 is 22.4 Å². The zero-order valence-corrected chi connectivity index (χ0v) is 10.9. The Morgan fingerprint density at radius 2 is 2.10 bits per heavy atom. The van der Waals surface area contributed by atoms with E-state index in [0.717, 1.165) is 11.0 Å². The molecule has 3 aromatic rings. The average molecular weight is 277 g/mol. The molecule has 0 saturated heterocycles. The fourth-order valence-electron chi connectivity index (χ4n) is 1.89. The number of hydrazone groups is 1. The van der Waals surface area contributed by atoms with Crippen molar-refractivity contribution in [1.29, 1.82) is 5.26 Å². The van der Waals surface area contributed by atoms with Gasteiger partial charge in [0.25, 0.3) is 0 Å². The Hall–Kier alpha value is -3.33. The summed E-state index contributed by atoms with van der Waals surface area (Å²) < 4.78 is 0. The Bertz CT molecular complexity index is 827. The Kier molecular flexibility index (Phi) is 3.23. The first-order valence-electron chi connectivity index (χ1n) is 6.24. The lowest BCUT2D eigenvalue weighted by Gasteiger charge is -2.00. The van der Waals surface area contributed by atoms with E-state index in [1.165, 1.54) is 6.07 Å². The van der Waals surface area contributed by atoms with Crippen molar-refractivity contribution in [2.75, 3.05) is 5.43 Å². The summed E-state index contributed by atoms with van der Waals surface area (Å²) in [5.74, 6) is 0.517. The summed E-state index contributed by atoms with van der Waals surface area (Å²) in [6, 6.07) is 16.0. The molecule has 0 unspecified atom stereocenters. The van der Waals surface area contributed by atoms with Gasteiger partial charge in [0, 0.05) is 6.07 Å². The summed E-state index contributed by atoms with van der Waals surface area (Å²) in [5.41, 5.74) is 5.05. The van der Waals surface area contributed by atoms with Crippen LogP contribution in [0.1, 0.15) is 5.82 Å². The molecule has 0 aliphatic heterocycles. The largest absolute Gasteiger partial charge is 0.508 e. The predicted molar refractivity (Wildman–Crippen MR) is 80.0 cm³/mol. The lowest BCUT2D eigenvalue weighted by Crippen LogP contribution is -2.03. The van der Waals surface area contributed by atoms with Crippen molar-refractivity contribution in [3.05, 3.63) is 54.4 Å². The molecule has 6 nitrogen and oxygen atoms in total. The molecular weight excluding hydrogens is 266 g/mol. The van der Waals surface area contributed by atoms with Gasteiger partial charge in [-0.2, -0.15) is 10.4 Å². The van der Waals surface area contributed by atoms with E-state index in [4.69, 9.17) is 0 Å². The Morgan fingerprint density at radius 1 is 1.24 bits per heavy atom. The quantitative estimate of drug-likeness (QED) is 0.506. The zero-order valence-electron chi connectivity index (χ0n) is 10.9. The van der Waals surface area contributed by atoms with E-state index in [2.05, 4.69) is 20.5 Å². The van der Waals surface area contributed by atoms with Crippen LogP contribution in [0.4, 0.5) is 5.69 Å². The molecule has 21 heavy (non-hydrogen) atoms. The lowest BCUT2D eigenvalue weighted by atomic mass is 10.3. The second kappa shape index (κ2) is 5.35. The van der Waals surface area contributed by atoms with Gasteiger partial charge >= 0.3 is 0 Å². The number of para-hydroxylation sites is 2. The van der Waals surface area contributed by atoms with Crippen molar-refractivity contribution in [3.8, 4) is 11.8 Å². The molecule has 0 aliphatic carbocycles. The molecule has 2 aromatic carbocycles. The number of nitriles is 1. The molecule has 0 bridgehead atoms. The maximum Gasteiger partial charge on any atom is 0.203 e. The molecule has 0 aliphatic rings. The number of hydrogen-bond acceptors (Lipinski definition) is 5. The lowest BCUT2D eigenvalue weighted by molar-refractivity contribution is 0.475. The number of imidazole rings is 1. The first-order chi connectivity index (χ1) is 10.3. The molecular formula is C15H11N5O. The van der Waals surface area contributed by atoms with E-state index in [1.807, 2.05) is 30.3 Å². The number of rotatable bonds is 3. The number of hydrogen-bond donors (Lipinski definition) is 3. The van der Waals surface area contributed by atoms with Crippen molar-refractivity contribution in [2.24, 2.45) is 5.10 Å². The molecule has 0 fully saturated rings. The monoisotopic (exact) mass is 277 g/mol. The van der Waals surface area contributed by atoms with Crippen LogP contribution in [-0.4, -0.2) is 20.8 Å². The molecule has 0 amide bonds. The fraction of sp³-hybridized carbons (Fsp3) is 0. The van der Waals surface area contributed by atoms with Crippen LogP contribution in [0.2, 0.25) is 0 Å². The first kappa shape index (κ1) is 12.7. The van der Waals surface area contributed by atoms with Crippen LogP contribution in [-0.2, 0) is 0 Å². The van der Waals surface area contributed by atoms with E-state index >= 15 is 0 Å². The minimum absolute atomic E-state index is 0.123. The summed E-state index contributed by atoms with van der Waals surface area (Å²) in [5, 5.41) is 22.6. The van der Waals surface area contributed by atoms with Crippen LogP contribution in [0.25, 0.3) is 11.0 Å². The van der Waals surface area contributed by atoms with Crippen molar-refractivity contribution in [3.63, 3.8) is 0 Å². The minimum Gasteiger partial charge on any atom is -0.508 e. The van der Waals surface area contributed by atoms with Gasteiger partial charge in [0.15, 0.2) is 5.82 Å². The summed E-state index contributed by atoms with van der Waals surface area (Å²) >= 11 is 0. The molecule has 3 N–H and O–H groups in total. The standard InChI is InChI=1S/C15H11N5O/c16-9-14(20-19-10-4-3-5-11(21)8-10)15-17-12-6-1-2-7-13(12)18-15/h1-8,19,21H,(H,17,18)/b20-14-. The molecule has 3 rings (SSSR count). The highest BCUT2D eigenvalue weighted by Crippen LogP contribution is 2.16. The molecule has 1 heterocycles. The maximum atomic E-state index is 9.38. The van der Waals surface area contributed by atoms with Crippen molar-refractivity contribution in [1.82, 2.24) is 9.97 Å². The normalized spacial score (nSPS) is 11.3. The van der Waals surface area contributed by atoms with Crippen LogP contribution >= 0.6 is 0 Å². The first-order valence-corrected chi connectivity index (χ1v) is 6.24. The Morgan fingerprint density at radius 3 is 2.86 bits per heavy atom. The number of phenolic OH excluding ortho intramolecular Hbond substituents is 1. The van der Waals surface area contributed by atoms with Crippen LogP contribution in [0.5, 0.6) is 5.75 Å². The smallest absolute Gasteiger partial charge is 0.203 e. The van der Waals surface area contributed by atoms with Crippen LogP contribution in [0.15, 0.2) is 53.6 Å². The second-order valence-electron chi connectivity index (χ2n) is 4.34. The number of phenols is 1. The number of aromatic hydroxyl groups is 1.